The Morgan fingerprint density at radius 3 is 2.71 bits per heavy atom. The molecule has 0 spiro atoms. The average Bonchev–Trinajstić information content (AvgIpc) is 2.47. The van der Waals surface area contributed by atoms with Crippen molar-refractivity contribution in [2.45, 2.75) is 49.5 Å². The van der Waals surface area contributed by atoms with E-state index in [1.807, 2.05) is 0 Å². The fourth-order valence-corrected chi connectivity index (χ4v) is 4.25. The Bertz CT molecular complexity index is 584. The lowest BCUT2D eigenvalue weighted by atomic mass is 9.78. The second-order valence-electron chi connectivity index (χ2n) is 5.69. The van der Waals surface area contributed by atoms with Gasteiger partial charge in [-0.15, -0.1) is 0 Å². The van der Waals surface area contributed by atoms with Crippen LogP contribution < -0.4 is 4.72 Å². The van der Waals surface area contributed by atoms with E-state index < -0.39 is 15.6 Å². The normalized spacial score (nSPS) is 26.7. The van der Waals surface area contributed by atoms with Crippen molar-refractivity contribution in [3.8, 4) is 0 Å². The minimum atomic E-state index is -3.75. The number of hydrogen-bond acceptors (Lipinski definition) is 4. The zero-order chi connectivity index (χ0) is 15.5. The maximum Gasteiger partial charge on any atom is 0.243 e. The fourth-order valence-electron chi connectivity index (χ4n) is 2.68. The van der Waals surface area contributed by atoms with Crippen molar-refractivity contribution >= 4 is 21.6 Å². The van der Waals surface area contributed by atoms with E-state index in [4.69, 9.17) is 11.6 Å². The second-order valence-corrected chi connectivity index (χ2v) is 7.79. The quantitative estimate of drug-likeness (QED) is 0.811. The molecule has 5 nitrogen and oxygen atoms in total. The highest BCUT2D eigenvalue weighted by molar-refractivity contribution is 7.89. The molecule has 0 saturated heterocycles. The predicted octanol–water partition coefficient (Wildman–Crippen LogP) is 2.34. The first-order chi connectivity index (χ1) is 9.86. The van der Waals surface area contributed by atoms with Gasteiger partial charge in [-0.1, -0.05) is 24.9 Å². The highest BCUT2D eigenvalue weighted by atomic mass is 35.5. The van der Waals surface area contributed by atoms with Gasteiger partial charge in [0.15, 0.2) is 0 Å². The van der Waals surface area contributed by atoms with Crippen LogP contribution in [0.4, 0.5) is 0 Å². The molecule has 0 aliphatic heterocycles. The first-order valence-electron chi connectivity index (χ1n) is 7.19. The van der Waals surface area contributed by atoms with E-state index in [0.717, 1.165) is 19.3 Å². The number of aliphatic hydroxyl groups is 1. The van der Waals surface area contributed by atoms with Gasteiger partial charge >= 0.3 is 0 Å². The first kappa shape index (κ1) is 16.7. The molecule has 1 aromatic heterocycles. The summed E-state index contributed by atoms with van der Waals surface area (Å²) in [7, 11) is -3.75. The summed E-state index contributed by atoms with van der Waals surface area (Å²) in [6.07, 6.45) is 5.64. The molecule has 0 atom stereocenters. The fraction of sp³-hybridized carbons (Fsp3) is 0.643. The number of pyridine rings is 1. The summed E-state index contributed by atoms with van der Waals surface area (Å²) in [4.78, 5) is 3.70. The lowest BCUT2D eigenvalue weighted by Crippen LogP contribution is -2.45. The number of halogens is 1. The largest absolute Gasteiger partial charge is 0.389 e. The molecule has 2 rings (SSSR count). The van der Waals surface area contributed by atoms with Gasteiger partial charge < -0.3 is 5.11 Å². The predicted molar refractivity (Wildman–Crippen MR) is 81.6 cm³/mol. The van der Waals surface area contributed by atoms with E-state index in [1.54, 1.807) is 0 Å². The van der Waals surface area contributed by atoms with Crippen molar-refractivity contribution in [3.05, 3.63) is 23.5 Å². The zero-order valence-corrected chi connectivity index (χ0v) is 13.6. The van der Waals surface area contributed by atoms with E-state index in [2.05, 4.69) is 16.6 Å². The maximum absolute atomic E-state index is 12.2. The van der Waals surface area contributed by atoms with Crippen LogP contribution in [0.1, 0.15) is 39.0 Å². The molecule has 1 aromatic rings. The summed E-state index contributed by atoms with van der Waals surface area (Å²) < 4.78 is 26.9. The third-order valence-electron chi connectivity index (χ3n) is 4.22. The van der Waals surface area contributed by atoms with Gasteiger partial charge in [0.25, 0.3) is 0 Å². The third-order valence-corrected chi connectivity index (χ3v) is 6.06. The van der Waals surface area contributed by atoms with Crippen LogP contribution in [0.25, 0.3) is 0 Å². The van der Waals surface area contributed by atoms with E-state index >= 15 is 0 Å². The number of nitrogens with zero attached hydrogens (tertiary/aromatic N) is 1. The van der Waals surface area contributed by atoms with Crippen LogP contribution in [0, 0.1) is 5.92 Å². The maximum atomic E-state index is 12.2. The van der Waals surface area contributed by atoms with Crippen molar-refractivity contribution < 1.29 is 13.5 Å². The summed E-state index contributed by atoms with van der Waals surface area (Å²) in [6.45, 7) is 2.15. The molecule has 21 heavy (non-hydrogen) atoms. The Balaban J connectivity index is 2.01. The van der Waals surface area contributed by atoms with Gasteiger partial charge in [-0.3, -0.25) is 0 Å². The van der Waals surface area contributed by atoms with E-state index in [9.17, 15) is 13.5 Å². The summed E-state index contributed by atoms with van der Waals surface area (Å²) in [6, 6.07) is 2.91. The number of sulfonamides is 1. The Morgan fingerprint density at radius 1 is 1.48 bits per heavy atom. The van der Waals surface area contributed by atoms with Crippen LogP contribution in [0.3, 0.4) is 0 Å². The molecule has 1 saturated carbocycles. The standard InChI is InChI=1S/C14H21ClN2O3S/c1-2-11-5-7-14(18,8-6-11)10-17-21(19,20)12-4-3-9-16-13(12)15/h3-4,9,11,17-18H,2,5-8,10H2,1H3. The topological polar surface area (TPSA) is 79.3 Å². The number of rotatable bonds is 5. The minimum absolute atomic E-state index is 0.0109. The molecule has 0 unspecified atom stereocenters. The van der Waals surface area contributed by atoms with Crippen LogP contribution in [0.15, 0.2) is 23.2 Å². The molecule has 0 bridgehead atoms. The molecule has 0 amide bonds. The Hall–Kier alpha value is -0.690. The molecular weight excluding hydrogens is 312 g/mol. The van der Waals surface area contributed by atoms with Gasteiger partial charge in [-0.05, 0) is 43.7 Å². The van der Waals surface area contributed by atoms with Crippen molar-refractivity contribution in [1.29, 1.82) is 0 Å². The monoisotopic (exact) mass is 332 g/mol. The van der Waals surface area contributed by atoms with Crippen LogP contribution in [0.5, 0.6) is 0 Å². The smallest absolute Gasteiger partial charge is 0.243 e. The van der Waals surface area contributed by atoms with Crippen LogP contribution in [0.2, 0.25) is 5.15 Å². The number of nitrogens with one attached hydrogen (secondary N) is 1. The summed E-state index contributed by atoms with van der Waals surface area (Å²) in [5, 5.41) is 10.4. The molecule has 0 radical (unpaired) electrons. The van der Waals surface area contributed by atoms with Gasteiger partial charge in [0.05, 0.1) is 5.60 Å². The van der Waals surface area contributed by atoms with Crippen molar-refractivity contribution in [3.63, 3.8) is 0 Å². The Morgan fingerprint density at radius 2 is 2.14 bits per heavy atom. The van der Waals surface area contributed by atoms with Crippen LogP contribution in [-0.2, 0) is 10.0 Å². The van der Waals surface area contributed by atoms with Gasteiger partial charge in [-0.25, -0.2) is 18.1 Å². The Labute approximate surface area is 130 Å². The SMILES string of the molecule is CCC1CCC(O)(CNS(=O)(=O)c2cccnc2Cl)CC1. The van der Waals surface area contributed by atoms with Gasteiger partial charge in [0, 0.05) is 12.7 Å². The molecule has 2 N–H and O–H groups in total. The van der Waals surface area contributed by atoms with Crippen molar-refractivity contribution in [2.24, 2.45) is 5.92 Å². The second kappa shape index (κ2) is 6.60. The first-order valence-corrected chi connectivity index (χ1v) is 9.05. The Kier molecular flexibility index (Phi) is 5.24. The highest BCUT2D eigenvalue weighted by Gasteiger charge is 2.34. The molecular formula is C14H21ClN2O3S. The zero-order valence-electron chi connectivity index (χ0n) is 12.0. The highest BCUT2D eigenvalue weighted by Crippen LogP contribution is 2.33. The molecule has 1 aliphatic carbocycles. The minimum Gasteiger partial charge on any atom is -0.389 e. The summed E-state index contributed by atoms with van der Waals surface area (Å²) >= 11 is 5.81. The summed E-state index contributed by atoms with van der Waals surface area (Å²) in [5.41, 5.74) is -0.965. The number of hydrogen-bond donors (Lipinski definition) is 2. The average molecular weight is 333 g/mol. The van der Waals surface area contributed by atoms with Gasteiger partial charge in [-0.2, -0.15) is 0 Å². The van der Waals surface area contributed by atoms with E-state index in [-0.39, 0.29) is 16.6 Å². The van der Waals surface area contributed by atoms with Crippen LogP contribution >= 0.6 is 11.6 Å². The lowest BCUT2D eigenvalue weighted by Gasteiger charge is -2.35. The molecule has 0 aromatic carbocycles. The molecule has 7 heteroatoms. The van der Waals surface area contributed by atoms with Gasteiger partial charge in [0.2, 0.25) is 10.0 Å². The molecule has 1 heterocycles. The van der Waals surface area contributed by atoms with E-state index in [0.29, 0.717) is 18.8 Å². The lowest BCUT2D eigenvalue weighted by molar-refractivity contribution is -0.00442. The third kappa shape index (κ3) is 4.16. The van der Waals surface area contributed by atoms with E-state index in [1.165, 1.54) is 18.3 Å². The van der Waals surface area contributed by atoms with Crippen molar-refractivity contribution in [2.75, 3.05) is 6.54 Å². The summed E-state index contributed by atoms with van der Waals surface area (Å²) in [5.74, 6) is 0.634. The van der Waals surface area contributed by atoms with Crippen molar-refractivity contribution in [1.82, 2.24) is 9.71 Å². The van der Waals surface area contributed by atoms with Gasteiger partial charge in [0.1, 0.15) is 10.0 Å². The molecule has 1 aliphatic rings. The van der Waals surface area contributed by atoms with Crippen LogP contribution in [-0.4, -0.2) is 30.7 Å². The molecule has 1 fully saturated rings. The molecule has 118 valence electrons. The number of aromatic nitrogens is 1.